The Kier molecular flexibility index (Phi) is 9.44. The first kappa shape index (κ1) is 30.4. The van der Waals surface area contributed by atoms with Gasteiger partial charge in [-0.25, -0.2) is 24.5 Å². The van der Waals surface area contributed by atoms with Gasteiger partial charge in [-0.05, 0) is 43.5 Å². The molecule has 2 aromatic heterocycles. The molecule has 0 radical (unpaired) electrons. The third-order valence-electron chi connectivity index (χ3n) is 7.93. The summed E-state index contributed by atoms with van der Waals surface area (Å²) in [7, 11) is 0. The molecule has 234 valence electrons. The zero-order valence-corrected chi connectivity index (χ0v) is 25.2. The lowest BCUT2D eigenvalue weighted by Crippen LogP contribution is -2.29. The number of anilines is 1. The van der Waals surface area contributed by atoms with E-state index < -0.39 is 6.29 Å². The quantitative estimate of drug-likeness (QED) is 0.230. The van der Waals surface area contributed by atoms with Crippen LogP contribution in [0.15, 0.2) is 73.3 Å². The second kappa shape index (κ2) is 14.0. The maximum atomic E-state index is 12.5. The van der Waals surface area contributed by atoms with E-state index in [0.717, 1.165) is 11.1 Å². The van der Waals surface area contributed by atoms with Crippen molar-refractivity contribution >= 4 is 35.1 Å². The van der Waals surface area contributed by atoms with E-state index in [1.807, 2.05) is 72.2 Å². The highest BCUT2D eigenvalue weighted by Crippen LogP contribution is 2.45. The average molecular weight is 613 g/mol. The maximum Gasteiger partial charge on any atom is 0.338 e. The molecule has 45 heavy (non-hydrogen) atoms. The van der Waals surface area contributed by atoms with Crippen LogP contribution < -0.4 is 10.6 Å². The summed E-state index contributed by atoms with van der Waals surface area (Å²) in [5.74, 6) is -0.0583. The summed E-state index contributed by atoms with van der Waals surface area (Å²) in [4.78, 5) is 38.0. The monoisotopic (exact) mass is 612 g/mol. The summed E-state index contributed by atoms with van der Waals surface area (Å²) in [6, 6.07) is 16.7. The van der Waals surface area contributed by atoms with Crippen LogP contribution in [0.4, 0.5) is 10.6 Å². The van der Waals surface area contributed by atoms with E-state index in [-0.39, 0.29) is 42.8 Å². The predicted octanol–water partition coefficient (Wildman–Crippen LogP) is 4.75. The highest BCUT2D eigenvalue weighted by Gasteiger charge is 2.52. The number of aromatic nitrogens is 4. The van der Waals surface area contributed by atoms with Crippen molar-refractivity contribution in [3.8, 4) is 0 Å². The van der Waals surface area contributed by atoms with Crippen molar-refractivity contribution in [3.63, 3.8) is 0 Å². The highest BCUT2D eigenvalue weighted by atomic mass is 16.7. The van der Waals surface area contributed by atoms with Gasteiger partial charge in [0.15, 0.2) is 23.3 Å². The minimum atomic E-state index is -0.547. The van der Waals surface area contributed by atoms with Crippen molar-refractivity contribution in [1.29, 1.82) is 0 Å². The van der Waals surface area contributed by atoms with Gasteiger partial charge in [0.1, 0.15) is 12.4 Å². The standard InChI is InChI=1S/C33H36N6O6/c1-3-34-33(41)38-30-27-31(36-19-35-30)39(20-37-27)25-16-23(18-42-17-22-12-8-9-13-24(22)32(40)43-4-2)28-29(25)45-26(44-28)15-14-21-10-6-5-7-11-21/h5-15,19-20,23,25-26,28-29H,3-4,16-18H2,1-2H3,(H2,34,35,36,38,41)/t23?,25?,26-,28?,29?/m0/s1. The second-order valence-electron chi connectivity index (χ2n) is 10.8. The number of hydrogen-bond acceptors (Lipinski definition) is 9. The lowest BCUT2D eigenvalue weighted by molar-refractivity contribution is -0.0586. The molecule has 12 nitrogen and oxygen atoms in total. The number of hydrogen-bond donors (Lipinski definition) is 2. The minimum absolute atomic E-state index is 0.0166. The number of urea groups is 1. The summed E-state index contributed by atoms with van der Waals surface area (Å²) in [6.45, 7) is 5.04. The number of carbonyl (C=O) groups is 2. The van der Waals surface area contributed by atoms with Crippen molar-refractivity contribution in [2.75, 3.05) is 25.1 Å². The van der Waals surface area contributed by atoms with Gasteiger partial charge in [0.25, 0.3) is 0 Å². The van der Waals surface area contributed by atoms with Crippen molar-refractivity contribution in [2.24, 2.45) is 5.92 Å². The molecule has 1 saturated heterocycles. The Morgan fingerprint density at radius 3 is 2.64 bits per heavy atom. The molecule has 2 amide bonds. The summed E-state index contributed by atoms with van der Waals surface area (Å²) in [5, 5.41) is 5.46. The van der Waals surface area contributed by atoms with Crippen LogP contribution >= 0.6 is 0 Å². The lowest BCUT2D eigenvalue weighted by Gasteiger charge is -2.20. The fraction of sp³-hybridized carbons (Fsp3) is 0.364. The molecule has 2 N–H and O–H groups in total. The fourth-order valence-corrected chi connectivity index (χ4v) is 5.92. The third kappa shape index (κ3) is 6.72. The van der Waals surface area contributed by atoms with E-state index in [2.05, 4.69) is 25.6 Å². The van der Waals surface area contributed by atoms with Gasteiger partial charge >= 0.3 is 12.0 Å². The maximum absolute atomic E-state index is 12.5. The van der Waals surface area contributed by atoms with Gasteiger partial charge < -0.3 is 28.8 Å². The van der Waals surface area contributed by atoms with Crippen LogP contribution in [0.5, 0.6) is 0 Å². The van der Waals surface area contributed by atoms with Crippen LogP contribution in [0.2, 0.25) is 0 Å². The molecule has 4 unspecified atom stereocenters. The second-order valence-corrected chi connectivity index (χ2v) is 10.8. The largest absolute Gasteiger partial charge is 0.462 e. The van der Waals surface area contributed by atoms with Crippen LogP contribution in [0, 0.1) is 5.92 Å². The molecule has 0 spiro atoms. The zero-order chi connectivity index (χ0) is 31.2. The summed E-state index contributed by atoms with van der Waals surface area (Å²) in [5.41, 5.74) is 3.36. The van der Waals surface area contributed by atoms with E-state index in [1.165, 1.54) is 6.33 Å². The zero-order valence-electron chi connectivity index (χ0n) is 25.2. The van der Waals surface area contributed by atoms with Gasteiger partial charge in [-0.2, -0.15) is 0 Å². The molecule has 1 aliphatic heterocycles. The molecule has 0 bridgehead atoms. The Balaban J connectivity index is 1.23. The molecule has 2 aromatic carbocycles. The Morgan fingerprint density at radius 2 is 1.82 bits per heavy atom. The Morgan fingerprint density at radius 1 is 1.02 bits per heavy atom. The van der Waals surface area contributed by atoms with Gasteiger partial charge in [0, 0.05) is 12.5 Å². The van der Waals surface area contributed by atoms with Gasteiger partial charge in [-0.3, -0.25) is 5.32 Å². The average Bonchev–Trinajstić information content (AvgIpc) is 3.76. The molecule has 3 heterocycles. The van der Waals surface area contributed by atoms with Gasteiger partial charge in [0.2, 0.25) is 0 Å². The third-order valence-corrected chi connectivity index (χ3v) is 7.93. The Labute approximate surface area is 260 Å². The molecular formula is C33H36N6O6. The molecule has 2 fully saturated rings. The molecule has 1 saturated carbocycles. The molecule has 2 aliphatic rings. The summed E-state index contributed by atoms with van der Waals surface area (Å²) < 4.78 is 26.4. The van der Waals surface area contributed by atoms with Crippen LogP contribution in [0.25, 0.3) is 17.2 Å². The molecule has 12 heteroatoms. The fourth-order valence-electron chi connectivity index (χ4n) is 5.92. The van der Waals surface area contributed by atoms with Gasteiger partial charge in [-0.15, -0.1) is 0 Å². The van der Waals surface area contributed by atoms with Crippen molar-refractivity contribution in [1.82, 2.24) is 24.8 Å². The molecule has 1 aliphatic carbocycles. The van der Waals surface area contributed by atoms with Crippen molar-refractivity contribution < 1.29 is 28.5 Å². The number of esters is 1. The van der Waals surface area contributed by atoms with E-state index in [9.17, 15) is 9.59 Å². The number of rotatable bonds is 11. The van der Waals surface area contributed by atoms with E-state index >= 15 is 0 Å². The number of benzene rings is 2. The number of imidazole rings is 1. The number of amides is 2. The van der Waals surface area contributed by atoms with E-state index in [0.29, 0.717) is 48.7 Å². The number of fused-ring (bicyclic) bond motifs is 2. The smallest absolute Gasteiger partial charge is 0.338 e. The molecule has 6 rings (SSSR count). The van der Waals surface area contributed by atoms with Crippen molar-refractivity contribution in [2.45, 2.75) is 51.4 Å². The van der Waals surface area contributed by atoms with Crippen LogP contribution in [-0.4, -0.2) is 69.8 Å². The minimum Gasteiger partial charge on any atom is -0.462 e. The van der Waals surface area contributed by atoms with Gasteiger partial charge in [0.05, 0.1) is 43.9 Å². The van der Waals surface area contributed by atoms with E-state index in [1.54, 1.807) is 19.3 Å². The normalized spacial score (nSPS) is 22.5. The number of nitrogens with one attached hydrogen (secondary N) is 2. The number of ether oxygens (including phenoxy) is 4. The van der Waals surface area contributed by atoms with Crippen LogP contribution in [0.1, 0.15) is 47.8 Å². The summed E-state index contributed by atoms with van der Waals surface area (Å²) in [6.07, 6.45) is 6.59. The molecule has 4 aromatic rings. The first-order valence-electron chi connectivity index (χ1n) is 15.1. The predicted molar refractivity (Wildman–Crippen MR) is 166 cm³/mol. The van der Waals surface area contributed by atoms with Gasteiger partial charge in [-0.1, -0.05) is 54.6 Å². The topological polar surface area (TPSA) is 139 Å². The first-order valence-corrected chi connectivity index (χ1v) is 15.1. The highest BCUT2D eigenvalue weighted by molar-refractivity contribution is 5.95. The van der Waals surface area contributed by atoms with E-state index in [4.69, 9.17) is 18.9 Å². The molecular weight excluding hydrogens is 576 g/mol. The lowest BCUT2D eigenvalue weighted by atomic mass is 10.1. The van der Waals surface area contributed by atoms with Crippen LogP contribution in [0.3, 0.4) is 0 Å². The first-order chi connectivity index (χ1) is 22.1. The number of nitrogens with zero attached hydrogens (tertiary/aromatic N) is 4. The van der Waals surface area contributed by atoms with Crippen molar-refractivity contribution in [3.05, 3.63) is 90.0 Å². The molecule has 5 atom stereocenters. The van der Waals surface area contributed by atoms with Crippen LogP contribution in [-0.2, 0) is 25.6 Å². The Hall–Kier alpha value is -4.65. The number of carbonyl (C=O) groups excluding carboxylic acids is 2. The SMILES string of the molecule is CCNC(=O)Nc1ncnc2c1ncn2C1CC(COCc2ccccc2C(=O)OCC)C2O[C@H](C=Cc3ccccc3)OC21. The Bertz CT molecular complexity index is 1660. The summed E-state index contributed by atoms with van der Waals surface area (Å²) >= 11 is 0.